The molecule has 0 aliphatic carbocycles. The van der Waals surface area contributed by atoms with E-state index in [-0.39, 0.29) is 25.3 Å². The molecular weight excluding hydrogens is 306 g/mol. The van der Waals surface area contributed by atoms with E-state index in [9.17, 15) is 4.79 Å². The van der Waals surface area contributed by atoms with Gasteiger partial charge >= 0.3 is 0 Å². The van der Waals surface area contributed by atoms with Crippen molar-refractivity contribution in [2.24, 2.45) is 0 Å². The molecule has 24 heavy (non-hydrogen) atoms. The Morgan fingerprint density at radius 3 is 2.67 bits per heavy atom. The van der Waals surface area contributed by atoms with E-state index in [1.165, 1.54) is 5.56 Å². The Balaban J connectivity index is 1.52. The lowest BCUT2D eigenvalue weighted by Crippen LogP contribution is -2.31. The largest absolute Gasteiger partial charge is 0.484 e. The van der Waals surface area contributed by atoms with Crippen molar-refractivity contribution in [1.29, 1.82) is 0 Å². The van der Waals surface area contributed by atoms with Crippen LogP contribution in [0.5, 0.6) is 17.2 Å². The van der Waals surface area contributed by atoms with Gasteiger partial charge in [-0.05, 0) is 48.7 Å². The predicted octanol–water partition coefficient (Wildman–Crippen LogP) is 3.23. The lowest BCUT2D eigenvalue weighted by atomic mass is 10.1. The van der Waals surface area contributed by atoms with Gasteiger partial charge in [-0.1, -0.05) is 25.1 Å². The van der Waals surface area contributed by atoms with Crippen molar-refractivity contribution in [1.82, 2.24) is 5.32 Å². The molecule has 1 N–H and O–H groups in total. The summed E-state index contributed by atoms with van der Waals surface area (Å²) in [5, 5.41) is 2.92. The summed E-state index contributed by atoms with van der Waals surface area (Å²) < 4.78 is 16.2. The summed E-state index contributed by atoms with van der Waals surface area (Å²) in [6.45, 7) is 4.25. The fraction of sp³-hybridized carbons (Fsp3) is 0.316. The summed E-state index contributed by atoms with van der Waals surface area (Å²) in [5.41, 5.74) is 2.20. The number of hydrogen-bond donors (Lipinski definition) is 1. The van der Waals surface area contributed by atoms with E-state index in [1.807, 2.05) is 49.4 Å². The van der Waals surface area contributed by atoms with Gasteiger partial charge in [0.1, 0.15) is 5.75 Å². The summed E-state index contributed by atoms with van der Waals surface area (Å²) in [5.74, 6) is 1.97. The first-order valence-electron chi connectivity index (χ1n) is 8.06. The van der Waals surface area contributed by atoms with Gasteiger partial charge in [0, 0.05) is 0 Å². The van der Waals surface area contributed by atoms with E-state index in [4.69, 9.17) is 14.2 Å². The smallest absolute Gasteiger partial charge is 0.258 e. The average molecular weight is 327 g/mol. The molecule has 5 heteroatoms. The van der Waals surface area contributed by atoms with Gasteiger partial charge in [-0.2, -0.15) is 0 Å². The number of fused-ring (bicyclic) bond motifs is 1. The van der Waals surface area contributed by atoms with E-state index in [0.29, 0.717) is 11.5 Å². The third-order valence-electron chi connectivity index (χ3n) is 3.98. The highest BCUT2D eigenvalue weighted by Crippen LogP contribution is 2.34. The van der Waals surface area contributed by atoms with Crippen molar-refractivity contribution < 1.29 is 19.0 Å². The molecule has 2 aromatic carbocycles. The Bertz CT molecular complexity index is 712. The van der Waals surface area contributed by atoms with Gasteiger partial charge < -0.3 is 19.5 Å². The summed E-state index contributed by atoms with van der Waals surface area (Å²) in [4.78, 5) is 12.1. The normalized spacial score (nSPS) is 13.4. The highest BCUT2D eigenvalue weighted by Gasteiger charge is 2.17. The van der Waals surface area contributed by atoms with E-state index in [1.54, 1.807) is 0 Å². The number of benzene rings is 2. The first-order chi connectivity index (χ1) is 11.7. The second-order valence-corrected chi connectivity index (χ2v) is 5.69. The Morgan fingerprint density at radius 1 is 1.17 bits per heavy atom. The number of aryl methyl sites for hydroxylation is 1. The van der Waals surface area contributed by atoms with Crippen molar-refractivity contribution in [2.45, 2.75) is 26.3 Å². The maximum absolute atomic E-state index is 12.1. The third-order valence-corrected chi connectivity index (χ3v) is 3.98. The van der Waals surface area contributed by atoms with Crippen LogP contribution < -0.4 is 19.5 Å². The minimum absolute atomic E-state index is 0.0135. The van der Waals surface area contributed by atoms with Crippen LogP contribution in [0, 0.1) is 0 Å². The van der Waals surface area contributed by atoms with Crippen LogP contribution in [0.15, 0.2) is 42.5 Å². The van der Waals surface area contributed by atoms with Gasteiger partial charge in [0.25, 0.3) is 5.91 Å². The molecule has 0 saturated heterocycles. The van der Waals surface area contributed by atoms with Crippen LogP contribution in [0.25, 0.3) is 0 Å². The standard InChI is InChI=1S/C19H21NO4/c1-3-14-4-7-16(8-5-14)22-11-19(21)20-13(2)15-6-9-17-18(10-15)24-12-23-17/h4-10,13H,3,11-12H2,1-2H3,(H,20,21). The zero-order valence-electron chi connectivity index (χ0n) is 13.9. The fourth-order valence-electron chi connectivity index (χ4n) is 2.52. The maximum Gasteiger partial charge on any atom is 0.258 e. The molecule has 0 fully saturated rings. The Hall–Kier alpha value is -2.69. The summed E-state index contributed by atoms with van der Waals surface area (Å²) in [7, 11) is 0. The van der Waals surface area contributed by atoms with E-state index >= 15 is 0 Å². The SMILES string of the molecule is CCc1ccc(OCC(=O)NC(C)c2ccc3c(c2)OCO3)cc1. The molecule has 0 bridgehead atoms. The number of nitrogens with one attached hydrogen (secondary N) is 1. The molecule has 126 valence electrons. The molecule has 0 radical (unpaired) electrons. The summed E-state index contributed by atoms with van der Waals surface area (Å²) in [6.07, 6.45) is 0.980. The van der Waals surface area contributed by atoms with E-state index in [2.05, 4.69) is 12.2 Å². The highest BCUT2D eigenvalue weighted by molar-refractivity contribution is 5.78. The molecule has 1 aliphatic heterocycles. The lowest BCUT2D eigenvalue weighted by Gasteiger charge is -2.15. The van der Waals surface area contributed by atoms with Crippen molar-refractivity contribution in [3.05, 3.63) is 53.6 Å². The first kappa shape index (κ1) is 16.2. The van der Waals surface area contributed by atoms with Crippen LogP contribution in [0.4, 0.5) is 0 Å². The van der Waals surface area contributed by atoms with Gasteiger partial charge in [-0.25, -0.2) is 0 Å². The second-order valence-electron chi connectivity index (χ2n) is 5.69. The molecule has 1 unspecified atom stereocenters. The number of rotatable bonds is 6. The lowest BCUT2D eigenvalue weighted by molar-refractivity contribution is -0.123. The van der Waals surface area contributed by atoms with Crippen molar-refractivity contribution in [2.75, 3.05) is 13.4 Å². The molecule has 1 heterocycles. The monoisotopic (exact) mass is 327 g/mol. The average Bonchev–Trinajstić information content (AvgIpc) is 3.08. The molecule has 1 amide bonds. The predicted molar refractivity (Wildman–Crippen MR) is 90.4 cm³/mol. The summed E-state index contributed by atoms with van der Waals surface area (Å²) >= 11 is 0. The molecular formula is C19H21NO4. The van der Waals surface area contributed by atoms with Crippen LogP contribution >= 0.6 is 0 Å². The molecule has 0 saturated carbocycles. The molecule has 2 aromatic rings. The quantitative estimate of drug-likeness (QED) is 0.885. The van der Waals surface area contributed by atoms with Crippen LogP contribution in [-0.4, -0.2) is 19.3 Å². The Morgan fingerprint density at radius 2 is 1.92 bits per heavy atom. The van der Waals surface area contributed by atoms with Gasteiger partial charge in [-0.15, -0.1) is 0 Å². The highest BCUT2D eigenvalue weighted by atomic mass is 16.7. The third kappa shape index (κ3) is 3.79. The van der Waals surface area contributed by atoms with Crippen molar-refractivity contribution in [3.63, 3.8) is 0 Å². The van der Waals surface area contributed by atoms with Crippen molar-refractivity contribution in [3.8, 4) is 17.2 Å². The molecule has 3 rings (SSSR count). The topological polar surface area (TPSA) is 56.8 Å². The zero-order valence-corrected chi connectivity index (χ0v) is 13.9. The number of amides is 1. The minimum Gasteiger partial charge on any atom is -0.484 e. The number of hydrogen-bond acceptors (Lipinski definition) is 4. The second kappa shape index (κ2) is 7.25. The molecule has 1 aliphatic rings. The number of carbonyl (C=O) groups excluding carboxylic acids is 1. The zero-order chi connectivity index (χ0) is 16.9. The maximum atomic E-state index is 12.1. The minimum atomic E-state index is -0.167. The van der Waals surface area contributed by atoms with Gasteiger partial charge in [0.15, 0.2) is 18.1 Å². The molecule has 1 atom stereocenters. The number of ether oxygens (including phenoxy) is 3. The van der Waals surface area contributed by atoms with Crippen molar-refractivity contribution >= 4 is 5.91 Å². The van der Waals surface area contributed by atoms with Crippen LogP contribution in [0.2, 0.25) is 0 Å². The van der Waals surface area contributed by atoms with Gasteiger partial charge in [-0.3, -0.25) is 4.79 Å². The van der Waals surface area contributed by atoms with Crippen LogP contribution in [0.1, 0.15) is 31.0 Å². The van der Waals surface area contributed by atoms with E-state index in [0.717, 1.165) is 17.7 Å². The molecule has 5 nitrogen and oxygen atoms in total. The van der Waals surface area contributed by atoms with Gasteiger partial charge in [0.2, 0.25) is 6.79 Å². The molecule has 0 spiro atoms. The van der Waals surface area contributed by atoms with E-state index < -0.39 is 0 Å². The summed E-state index contributed by atoms with van der Waals surface area (Å²) in [6, 6.07) is 13.3. The molecule has 0 aromatic heterocycles. The number of carbonyl (C=O) groups is 1. The first-order valence-corrected chi connectivity index (χ1v) is 8.06. The Kier molecular flexibility index (Phi) is 4.89. The van der Waals surface area contributed by atoms with Crippen LogP contribution in [-0.2, 0) is 11.2 Å². The van der Waals surface area contributed by atoms with Gasteiger partial charge in [0.05, 0.1) is 6.04 Å². The Labute approximate surface area is 141 Å². The fourth-order valence-corrected chi connectivity index (χ4v) is 2.52. The van der Waals surface area contributed by atoms with Crippen LogP contribution in [0.3, 0.4) is 0 Å².